The maximum absolute atomic E-state index is 9.84. The Bertz CT molecular complexity index is 704. The second-order valence-corrected chi connectivity index (χ2v) is 5.68. The van der Waals surface area contributed by atoms with Crippen LogP contribution in [0.1, 0.15) is 30.5 Å². The van der Waals surface area contributed by atoms with Crippen molar-refractivity contribution in [1.29, 1.82) is 0 Å². The molecule has 0 saturated carbocycles. The highest BCUT2D eigenvalue weighted by atomic mass is 32.1. The van der Waals surface area contributed by atoms with Crippen molar-refractivity contribution in [2.24, 2.45) is 4.99 Å². The van der Waals surface area contributed by atoms with Crippen LogP contribution in [-0.4, -0.2) is 34.0 Å². The van der Waals surface area contributed by atoms with Gasteiger partial charge in [0.15, 0.2) is 5.05 Å². The molecule has 120 valence electrons. The van der Waals surface area contributed by atoms with Crippen molar-refractivity contribution in [3.8, 4) is 0 Å². The lowest BCUT2D eigenvalue weighted by molar-refractivity contribution is 0.466. The molecule has 0 saturated heterocycles. The summed E-state index contributed by atoms with van der Waals surface area (Å²) >= 11 is 4.99. The second kappa shape index (κ2) is 7.88. The third-order valence-electron chi connectivity index (χ3n) is 3.73. The van der Waals surface area contributed by atoms with E-state index in [1.165, 1.54) is 5.56 Å². The Hall–Kier alpha value is -2.20. The number of amidine groups is 1. The summed E-state index contributed by atoms with van der Waals surface area (Å²) in [4.78, 5) is 6.99. The zero-order valence-corrected chi connectivity index (χ0v) is 14.6. The monoisotopic (exact) mass is 326 g/mol. The molecule has 0 unspecified atom stereocenters. The molecular weight excluding hydrogens is 304 g/mol. The van der Waals surface area contributed by atoms with Crippen LogP contribution in [0.5, 0.6) is 0 Å². The van der Waals surface area contributed by atoms with Crippen LogP contribution in [0.4, 0.5) is 5.69 Å². The van der Waals surface area contributed by atoms with Gasteiger partial charge < -0.3 is 10.0 Å². The van der Waals surface area contributed by atoms with Crippen molar-refractivity contribution in [3.63, 3.8) is 0 Å². The molecule has 0 atom stereocenters. The van der Waals surface area contributed by atoms with Gasteiger partial charge in [-0.15, -0.1) is 0 Å². The summed E-state index contributed by atoms with van der Waals surface area (Å²) < 4.78 is 0. The predicted molar refractivity (Wildman–Crippen MR) is 101 cm³/mol. The molecule has 0 aliphatic carbocycles. The molecule has 4 heteroatoms. The van der Waals surface area contributed by atoms with E-state index in [2.05, 4.69) is 25.7 Å². The van der Waals surface area contributed by atoms with E-state index in [1.54, 1.807) is 0 Å². The molecule has 2 rings (SSSR count). The van der Waals surface area contributed by atoms with Crippen molar-refractivity contribution in [1.82, 2.24) is 4.90 Å². The lowest BCUT2D eigenvalue weighted by Crippen LogP contribution is -2.32. The Morgan fingerprint density at radius 2 is 1.57 bits per heavy atom. The minimum atomic E-state index is -0.107. The summed E-state index contributed by atoms with van der Waals surface area (Å²) in [6.07, 6.45) is 0. The number of aliphatic imine (C=N–C) groups is 1. The Labute approximate surface area is 143 Å². The maximum Gasteiger partial charge on any atom is 0.189 e. The van der Waals surface area contributed by atoms with Gasteiger partial charge in [0.05, 0.1) is 5.69 Å². The average molecular weight is 326 g/mol. The Morgan fingerprint density at radius 3 is 2.09 bits per heavy atom. The van der Waals surface area contributed by atoms with Gasteiger partial charge >= 0.3 is 0 Å². The van der Waals surface area contributed by atoms with E-state index >= 15 is 0 Å². The van der Waals surface area contributed by atoms with E-state index in [0.717, 1.165) is 30.2 Å². The molecule has 0 heterocycles. The highest BCUT2D eigenvalue weighted by Gasteiger charge is 2.16. The first-order chi connectivity index (χ1) is 11.1. The van der Waals surface area contributed by atoms with Crippen molar-refractivity contribution < 1.29 is 5.11 Å². The van der Waals surface area contributed by atoms with Crippen LogP contribution >= 0.6 is 12.2 Å². The van der Waals surface area contributed by atoms with E-state index in [9.17, 15) is 5.11 Å². The fourth-order valence-corrected chi connectivity index (χ4v) is 2.61. The zero-order valence-electron chi connectivity index (χ0n) is 13.8. The number of thiocarbonyl (C=S) groups is 1. The minimum absolute atomic E-state index is 0.107. The predicted octanol–water partition coefficient (Wildman–Crippen LogP) is 4.65. The van der Waals surface area contributed by atoms with Crippen LogP contribution in [0.3, 0.4) is 0 Å². The van der Waals surface area contributed by atoms with Gasteiger partial charge in [-0.2, -0.15) is 0 Å². The SMILES string of the molecule is CCN(CC)C(=Nc1ccc(C)cc1)c1ccccc1C(O)=S. The molecule has 0 amide bonds. The van der Waals surface area contributed by atoms with E-state index in [1.807, 2.05) is 48.5 Å². The van der Waals surface area contributed by atoms with Gasteiger partial charge in [-0.25, -0.2) is 4.99 Å². The molecule has 0 fully saturated rings. The van der Waals surface area contributed by atoms with Gasteiger partial charge in [0, 0.05) is 24.2 Å². The molecule has 0 aromatic heterocycles. The van der Waals surface area contributed by atoms with Crippen molar-refractivity contribution in [2.45, 2.75) is 20.8 Å². The molecule has 23 heavy (non-hydrogen) atoms. The molecule has 0 radical (unpaired) electrons. The number of aliphatic hydroxyl groups is 1. The average Bonchev–Trinajstić information content (AvgIpc) is 2.56. The number of hydrogen-bond acceptors (Lipinski definition) is 2. The van der Waals surface area contributed by atoms with Crippen LogP contribution in [0.25, 0.3) is 0 Å². The van der Waals surface area contributed by atoms with Crippen molar-refractivity contribution in [2.75, 3.05) is 13.1 Å². The van der Waals surface area contributed by atoms with Gasteiger partial charge in [0.2, 0.25) is 0 Å². The van der Waals surface area contributed by atoms with Crippen LogP contribution in [0.2, 0.25) is 0 Å². The summed E-state index contributed by atoms with van der Waals surface area (Å²) in [7, 11) is 0. The Balaban J connectivity index is 2.59. The van der Waals surface area contributed by atoms with Crippen LogP contribution in [0.15, 0.2) is 53.5 Å². The van der Waals surface area contributed by atoms with E-state index < -0.39 is 0 Å². The molecule has 2 aromatic rings. The zero-order chi connectivity index (χ0) is 16.8. The number of aryl methyl sites for hydroxylation is 1. The molecule has 0 aliphatic heterocycles. The van der Waals surface area contributed by atoms with Gasteiger partial charge in [-0.05, 0) is 51.2 Å². The number of nitrogens with zero attached hydrogens (tertiary/aromatic N) is 2. The van der Waals surface area contributed by atoms with Crippen LogP contribution in [0, 0.1) is 6.92 Å². The summed E-state index contributed by atoms with van der Waals surface area (Å²) in [5.41, 5.74) is 3.57. The first-order valence-electron chi connectivity index (χ1n) is 7.79. The van der Waals surface area contributed by atoms with Gasteiger partial charge in [0.25, 0.3) is 0 Å². The van der Waals surface area contributed by atoms with E-state index in [4.69, 9.17) is 17.2 Å². The molecule has 2 aromatic carbocycles. The topological polar surface area (TPSA) is 35.8 Å². The lowest BCUT2D eigenvalue weighted by Gasteiger charge is -2.24. The molecule has 3 nitrogen and oxygen atoms in total. The summed E-state index contributed by atoms with van der Waals surface area (Å²) in [6, 6.07) is 15.7. The Morgan fingerprint density at radius 1 is 1.00 bits per heavy atom. The molecule has 0 bridgehead atoms. The normalized spacial score (nSPS) is 11.3. The van der Waals surface area contributed by atoms with E-state index in [0.29, 0.717) is 5.56 Å². The van der Waals surface area contributed by atoms with Gasteiger partial charge in [0.1, 0.15) is 5.84 Å². The third kappa shape index (κ3) is 4.17. The van der Waals surface area contributed by atoms with Gasteiger partial charge in [-0.3, -0.25) is 0 Å². The van der Waals surface area contributed by atoms with Crippen LogP contribution in [-0.2, 0) is 0 Å². The summed E-state index contributed by atoms with van der Waals surface area (Å²) in [6.45, 7) is 7.89. The molecule has 0 spiro atoms. The number of hydrogen-bond donors (Lipinski definition) is 1. The van der Waals surface area contributed by atoms with Crippen molar-refractivity contribution >= 4 is 28.8 Å². The van der Waals surface area contributed by atoms with Crippen LogP contribution < -0.4 is 0 Å². The highest BCUT2D eigenvalue weighted by Crippen LogP contribution is 2.19. The van der Waals surface area contributed by atoms with Crippen molar-refractivity contribution in [3.05, 3.63) is 65.2 Å². The second-order valence-electron chi connectivity index (χ2n) is 5.29. The quantitative estimate of drug-likeness (QED) is 0.493. The maximum atomic E-state index is 9.84. The first kappa shape index (κ1) is 17.2. The largest absolute Gasteiger partial charge is 0.499 e. The summed E-state index contributed by atoms with van der Waals surface area (Å²) in [5, 5.41) is 9.73. The Kier molecular flexibility index (Phi) is 5.88. The molecule has 0 aliphatic rings. The molecular formula is C19H22N2OS. The number of aliphatic hydroxyl groups excluding tert-OH is 1. The fraction of sp³-hybridized carbons (Fsp3) is 0.263. The standard InChI is InChI=1S/C19H22N2OS/c1-4-21(5-2)18(20-15-12-10-14(3)11-13-15)16-8-6-7-9-17(16)19(22)23/h6-13H,4-5H2,1-3H3,(H,22,23). The first-order valence-corrected chi connectivity index (χ1v) is 8.20. The summed E-state index contributed by atoms with van der Waals surface area (Å²) in [5.74, 6) is 0.825. The molecule has 1 N–H and O–H groups in total. The highest BCUT2D eigenvalue weighted by molar-refractivity contribution is 7.80. The fourth-order valence-electron chi connectivity index (χ4n) is 2.43. The minimum Gasteiger partial charge on any atom is -0.499 e. The lowest BCUT2D eigenvalue weighted by atomic mass is 10.1. The number of benzene rings is 2. The van der Waals surface area contributed by atoms with E-state index in [-0.39, 0.29) is 5.05 Å². The smallest absolute Gasteiger partial charge is 0.189 e. The third-order valence-corrected chi connectivity index (χ3v) is 3.95. The van der Waals surface area contributed by atoms with Gasteiger partial charge in [-0.1, -0.05) is 35.9 Å². The number of rotatable bonds is 5.